The highest BCUT2D eigenvalue weighted by atomic mass is 16.7. The van der Waals surface area contributed by atoms with Crippen LogP contribution in [-0.2, 0) is 9.47 Å². The predicted octanol–water partition coefficient (Wildman–Crippen LogP) is 3.74. The van der Waals surface area contributed by atoms with Gasteiger partial charge in [0.2, 0.25) is 6.29 Å². The zero-order valence-corrected chi connectivity index (χ0v) is 20.7. The first kappa shape index (κ1) is 26.4. The second-order valence-corrected chi connectivity index (χ2v) is 8.76. The minimum Gasteiger partial charge on any atom is -0.478 e. The molecule has 0 saturated heterocycles. The Hall–Kier alpha value is -4.21. The van der Waals surface area contributed by atoms with Gasteiger partial charge >= 0.3 is 18.0 Å². The van der Waals surface area contributed by atoms with Crippen molar-refractivity contribution >= 4 is 30.0 Å². The summed E-state index contributed by atoms with van der Waals surface area (Å²) in [5, 5.41) is 12.6. The van der Waals surface area contributed by atoms with Gasteiger partial charge in [-0.2, -0.15) is 0 Å². The van der Waals surface area contributed by atoms with Crippen molar-refractivity contribution in [2.45, 2.75) is 33.0 Å². The predicted molar refractivity (Wildman–Crippen MR) is 132 cm³/mol. The highest BCUT2D eigenvalue weighted by Crippen LogP contribution is 2.31. The van der Waals surface area contributed by atoms with Gasteiger partial charge in [0.1, 0.15) is 5.69 Å². The Morgan fingerprint density at radius 3 is 2.47 bits per heavy atom. The molecular formula is C26H29N3O7. The minimum atomic E-state index is -1.27. The summed E-state index contributed by atoms with van der Waals surface area (Å²) in [6, 6.07) is 5.94. The lowest BCUT2D eigenvalue weighted by Crippen LogP contribution is -2.30. The number of carboxylic acid groups (broad SMARTS) is 1. The van der Waals surface area contributed by atoms with Crippen molar-refractivity contribution in [3.05, 3.63) is 58.9 Å². The van der Waals surface area contributed by atoms with Gasteiger partial charge in [-0.15, -0.1) is 0 Å². The SMILES string of the molecule is C=Cc1cc(C(=O)O)c(-c2ccc(C(=O)NCC3CC3)nc2C(=O)OC(C)OC(=O)N(C)C)cc1C. The number of amides is 2. The number of carboxylic acids is 1. The molecule has 1 unspecified atom stereocenters. The van der Waals surface area contributed by atoms with E-state index in [-0.39, 0.29) is 28.1 Å². The van der Waals surface area contributed by atoms with E-state index >= 15 is 0 Å². The molecule has 3 rings (SSSR count). The number of aryl methyl sites for hydroxylation is 1. The second kappa shape index (κ2) is 11.0. The molecule has 1 atom stereocenters. The smallest absolute Gasteiger partial charge is 0.412 e. The van der Waals surface area contributed by atoms with Crippen LogP contribution >= 0.6 is 0 Å². The number of aromatic carboxylic acids is 1. The number of rotatable bonds is 9. The van der Waals surface area contributed by atoms with Gasteiger partial charge in [-0.3, -0.25) is 4.79 Å². The first-order chi connectivity index (χ1) is 17.0. The zero-order chi connectivity index (χ0) is 26.6. The fourth-order valence-electron chi connectivity index (χ4n) is 3.43. The van der Waals surface area contributed by atoms with Crippen LogP contribution in [0, 0.1) is 12.8 Å². The fourth-order valence-corrected chi connectivity index (χ4v) is 3.43. The highest BCUT2D eigenvalue weighted by Gasteiger charge is 2.27. The maximum absolute atomic E-state index is 13.2. The quantitative estimate of drug-likeness (QED) is 0.397. The molecule has 1 heterocycles. The Balaban J connectivity index is 2.05. The maximum Gasteiger partial charge on any atom is 0.412 e. The Kier molecular flexibility index (Phi) is 8.08. The normalized spacial score (nSPS) is 13.3. The van der Waals surface area contributed by atoms with E-state index in [1.54, 1.807) is 13.0 Å². The van der Waals surface area contributed by atoms with Crippen LogP contribution in [0.5, 0.6) is 0 Å². The van der Waals surface area contributed by atoms with E-state index in [4.69, 9.17) is 9.47 Å². The molecule has 1 aromatic heterocycles. The minimum absolute atomic E-state index is 0.0272. The average Bonchev–Trinajstić information content (AvgIpc) is 3.66. The molecule has 1 aliphatic rings. The Morgan fingerprint density at radius 2 is 1.89 bits per heavy atom. The summed E-state index contributed by atoms with van der Waals surface area (Å²) in [6.07, 6.45) is 1.64. The molecule has 2 amide bonds. The molecule has 1 fully saturated rings. The molecule has 1 saturated carbocycles. The average molecular weight is 496 g/mol. The van der Waals surface area contributed by atoms with E-state index in [0.29, 0.717) is 18.0 Å². The number of carbonyl (C=O) groups excluding carboxylic acids is 3. The largest absolute Gasteiger partial charge is 0.478 e. The number of nitrogens with one attached hydrogen (secondary N) is 1. The van der Waals surface area contributed by atoms with Crippen LogP contribution in [-0.4, -0.2) is 65.9 Å². The van der Waals surface area contributed by atoms with Crippen LogP contribution < -0.4 is 5.32 Å². The van der Waals surface area contributed by atoms with Crippen molar-refractivity contribution in [2.75, 3.05) is 20.6 Å². The number of carbonyl (C=O) groups is 4. The molecule has 0 aliphatic heterocycles. The molecule has 2 aromatic rings. The number of hydrogen-bond donors (Lipinski definition) is 2. The van der Waals surface area contributed by atoms with E-state index in [9.17, 15) is 24.3 Å². The third-order valence-electron chi connectivity index (χ3n) is 5.62. The highest BCUT2D eigenvalue weighted by molar-refractivity contribution is 6.03. The van der Waals surface area contributed by atoms with Gasteiger partial charge in [-0.1, -0.05) is 12.7 Å². The molecule has 10 nitrogen and oxygen atoms in total. The second-order valence-electron chi connectivity index (χ2n) is 8.76. The number of ether oxygens (including phenoxy) is 2. The molecule has 1 aliphatic carbocycles. The van der Waals surface area contributed by atoms with Crippen LogP contribution in [0.15, 0.2) is 30.8 Å². The van der Waals surface area contributed by atoms with E-state index in [1.807, 2.05) is 0 Å². The number of esters is 1. The molecule has 0 bridgehead atoms. The van der Waals surface area contributed by atoms with Crippen LogP contribution in [0.25, 0.3) is 17.2 Å². The Morgan fingerprint density at radius 1 is 1.19 bits per heavy atom. The van der Waals surface area contributed by atoms with Crippen LogP contribution in [0.2, 0.25) is 0 Å². The lowest BCUT2D eigenvalue weighted by atomic mass is 9.93. The fraction of sp³-hybridized carbons (Fsp3) is 0.346. The van der Waals surface area contributed by atoms with E-state index in [2.05, 4.69) is 16.9 Å². The van der Waals surface area contributed by atoms with Crippen LogP contribution in [0.3, 0.4) is 0 Å². The summed E-state index contributed by atoms with van der Waals surface area (Å²) >= 11 is 0. The molecule has 190 valence electrons. The summed E-state index contributed by atoms with van der Waals surface area (Å²) in [6.45, 7) is 7.35. The van der Waals surface area contributed by atoms with Crippen LogP contribution in [0.4, 0.5) is 4.79 Å². The van der Waals surface area contributed by atoms with E-state index in [1.165, 1.54) is 50.2 Å². The van der Waals surface area contributed by atoms with Gasteiger partial charge in [-0.05, 0) is 66.6 Å². The monoisotopic (exact) mass is 495 g/mol. The topological polar surface area (TPSA) is 135 Å². The molecule has 0 spiro atoms. The summed E-state index contributed by atoms with van der Waals surface area (Å²) in [5.74, 6) is -2.23. The van der Waals surface area contributed by atoms with Gasteiger partial charge < -0.3 is 24.8 Å². The van der Waals surface area contributed by atoms with Gasteiger partial charge in [0.15, 0.2) is 5.69 Å². The lowest BCUT2D eigenvalue weighted by molar-refractivity contribution is -0.0668. The van der Waals surface area contributed by atoms with Crippen molar-refractivity contribution < 1.29 is 33.8 Å². The number of aromatic nitrogens is 1. The number of hydrogen-bond acceptors (Lipinski definition) is 7. The summed E-state index contributed by atoms with van der Waals surface area (Å²) < 4.78 is 10.3. The van der Waals surface area contributed by atoms with E-state index < -0.39 is 30.2 Å². The third-order valence-corrected chi connectivity index (χ3v) is 5.62. The number of benzene rings is 1. The molecule has 10 heteroatoms. The van der Waals surface area contributed by atoms with Gasteiger partial charge in [0.25, 0.3) is 5.91 Å². The summed E-state index contributed by atoms with van der Waals surface area (Å²) in [7, 11) is 2.95. The Labute approximate surface area is 208 Å². The summed E-state index contributed by atoms with van der Waals surface area (Å²) in [5.41, 5.74) is 1.33. The lowest BCUT2D eigenvalue weighted by Gasteiger charge is -2.18. The van der Waals surface area contributed by atoms with Gasteiger partial charge in [-0.25, -0.2) is 19.4 Å². The van der Waals surface area contributed by atoms with Crippen molar-refractivity contribution in [1.82, 2.24) is 15.2 Å². The maximum atomic E-state index is 13.2. The molecule has 36 heavy (non-hydrogen) atoms. The third kappa shape index (κ3) is 6.26. The number of pyridine rings is 1. The molecule has 1 aromatic carbocycles. The van der Waals surface area contributed by atoms with Crippen molar-refractivity contribution in [3.63, 3.8) is 0 Å². The first-order valence-electron chi connectivity index (χ1n) is 11.4. The van der Waals surface area contributed by atoms with Crippen LogP contribution in [0.1, 0.15) is 62.2 Å². The Bertz CT molecular complexity index is 1220. The van der Waals surface area contributed by atoms with Gasteiger partial charge in [0.05, 0.1) is 5.56 Å². The standard InChI is InChI=1S/C26H29N3O7/c1-6-17-12-20(24(31)32)19(11-14(17)2)18-9-10-21(23(30)27-13-16-7-8-16)28-22(18)25(33)35-15(3)36-26(34)29(4)5/h6,9-12,15-16H,1,7-8,13H2,2-5H3,(H,27,30)(H,31,32). The van der Waals surface area contributed by atoms with Crippen molar-refractivity contribution in [2.24, 2.45) is 5.92 Å². The summed E-state index contributed by atoms with van der Waals surface area (Å²) in [4.78, 5) is 55.1. The number of nitrogens with zero attached hydrogens (tertiary/aromatic N) is 2. The van der Waals surface area contributed by atoms with Crippen molar-refractivity contribution in [3.8, 4) is 11.1 Å². The first-order valence-corrected chi connectivity index (χ1v) is 11.4. The molecule has 0 radical (unpaired) electrons. The molecular weight excluding hydrogens is 466 g/mol. The van der Waals surface area contributed by atoms with E-state index in [0.717, 1.165) is 18.4 Å². The zero-order valence-electron chi connectivity index (χ0n) is 20.7. The van der Waals surface area contributed by atoms with Crippen molar-refractivity contribution in [1.29, 1.82) is 0 Å². The molecule has 2 N–H and O–H groups in total. The van der Waals surface area contributed by atoms with Gasteiger partial charge in [0, 0.05) is 33.1 Å².